The maximum atomic E-state index is 13.1. The molecule has 570 valence electrons. The van der Waals surface area contributed by atoms with E-state index >= 15 is 0 Å². The summed E-state index contributed by atoms with van der Waals surface area (Å²) < 4.78 is 68.6. The minimum absolute atomic E-state index is 0.105. The van der Waals surface area contributed by atoms with Crippen LogP contribution in [-0.4, -0.2) is 96.7 Å². The minimum Gasteiger partial charge on any atom is -0.462 e. The van der Waals surface area contributed by atoms with Gasteiger partial charge in [-0.3, -0.25) is 37.3 Å². The normalized spacial score (nSPS) is 14.1. The first-order chi connectivity index (χ1) is 46.1. The summed E-state index contributed by atoms with van der Waals surface area (Å²) in [6.45, 7) is 14.2. The highest BCUT2D eigenvalue weighted by Crippen LogP contribution is 2.45. The average Bonchev–Trinajstić information content (AvgIpc) is 1.13. The number of aliphatic hydroxyl groups excluding tert-OH is 1. The fourth-order valence-electron chi connectivity index (χ4n) is 11.7. The van der Waals surface area contributed by atoms with Crippen molar-refractivity contribution in [3.8, 4) is 0 Å². The topological polar surface area (TPSA) is 237 Å². The van der Waals surface area contributed by atoms with E-state index in [9.17, 15) is 43.2 Å². The van der Waals surface area contributed by atoms with E-state index in [1.807, 2.05) is 0 Å². The number of carbonyl (C=O) groups excluding carboxylic acids is 4. The number of aliphatic hydroxyl groups is 1. The molecule has 0 aromatic carbocycles. The lowest BCUT2D eigenvalue weighted by atomic mass is 10.0. The Morgan fingerprint density at radius 1 is 0.260 bits per heavy atom. The van der Waals surface area contributed by atoms with Gasteiger partial charge >= 0.3 is 39.5 Å². The first kappa shape index (κ1) is 94.1. The smallest absolute Gasteiger partial charge is 0.462 e. The van der Waals surface area contributed by atoms with Gasteiger partial charge < -0.3 is 33.8 Å². The lowest BCUT2D eigenvalue weighted by Gasteiger charge is -2.21. The summed E-state index contributed by atoms with van der Waals surface area (Å²) in [5, 5.41) is 10.6. The van der Waals surface area contributed by atoms with Crippen molar-refractivity contribution in [1.29, 1.82) is 0 Å². The van der Waals surface area contributed by atoms with E-state index in [2.05, 4.69) is 55.4 Å². The van der Waals surface area contributed by atoms with Crippen molar-refractivity contribution < 1.29 is 80.2 Å². The number of unbranched alkanes of at least 4 members (excludes halogenated alkanes) is 40. The van der Waals surface area contributed by atoms with Crippen LogP contribution in [0.5, 0.6) is 0 Å². The largest absolute Gasteiger partial charge is 0.472 e. The highest BCUT2D eigenvalue weighted by atomic mass is 31.2. The predicted molar refractivity (Wildman–Crippen MR) is 391 cm³/mol. The van der Waals surface area contributed by atoms with Crippen LogP contribution in [0.1, 0.15) is 389 Å². The van der Waals surface area contributed by atoms with Gasteiger partial charge in [-0.1, -0.05) is 338 Å². The number of phosphoric ester groups is 2. The van der Waals surface area contributed by atoms with E-state index in [0.717, 1.165) is 114 Å². The first-order valence-electron chi connectivity index (χ1n) is 39.7. The lowest BCUT2D eigenvalue weighted by molar-refractivity contribution is -0.161. The molecule has 0 aliphatic heterocycles. The number of carbonyl (C=O) groups is 4. The number of esters is 4. The molecule has 0 saturated carbocycles. The molecule has 19 heteroatoms. The van der Waals surface area contributed by atoms with Gasteiger partial charge in [0.25, 0.3) is 0 Å². The van der Waals surface area contributed by atoms with Gasteiger partial charge in [0.15, 0.2) is 12.2 Å². The SMILES string of the molecule is CC(C)CCCCCCCCCCCCCCCCC(=O)O[C@H](COC(=O)CCCCCCCCCCCCCCC(C)C)COP(=O)(O)OCC(O)COP(=O)(O)OC[C@@H](COC(=O)CCCCCCCCCCC(C)C)OC(=O)CCCCCCCCCCCCC(C)C. The molecule has 0 aliphatic carbocycles. The van der Waals surface area contributed by atoms with E-state index in [-0.39, 0.29) is 25.7 Å². The second-order valence-electron chi connectivity index (χ2n) is 29.7. The molecule has 0 aliphatic rings. The summed E-state index contributed by atoms with van der Waals surface area (Å²) >= 11 is 0. The van der Waals surface area contributed by atoms with Gasteiger partial charge in [-0.25, -0.2) is 9.13 Å². The Kier molecular flexibility index (Phi) is 65.0. The van der Waals surface area contributed by atoms with Crippen molar-refractivity contribution in [2.45, 2.75) is 408 Å². The molecule has 17 nitrogen and oxygen atoms in total. The molecular weight excluding hydrogens is 1260 g/mol. The summed E-state index contributed by atoms with van der Waals surface area (Å²) in [5.74, 6) is 0.936. The molecule has 0 rings (SSSR count). The number of hydrogen-bond donors (Lipinski definition) is 3. The number of ether oxygens (including phenoxy) is 4. The second kappa shape index (κ2) is 66.3. The molecule has 0 spiro atoms. The third kappa shape index (κ3) is 70.5. The Morgan fingerprint density at radius 3 is 0.646 bits per heavy atom. The quantitative estimate of drug-likeness (QED) is 0.0222. The standard InChI is InChI=1S/C77H150O17P2/c1-67(2)53-45-37-29-21-15-11-9-10-12-18-25-35-43-51-59-76(81)93-72(63-87-74(79)57-49-41-33-24-17-14-13-16-22-30-38-46-54-68(3)4)65-91-95(83,84)89-61-71(78)62-90-96(85,86)92-66-73(64-88-75(80)58-50-42-34-28-27-32-40-48-56-70(7)8)94-77(82)60-52-44-36-26-20-19-23-31-39-47-55-69(5)6/h67-73,78H,9-66H2,1-8H3,(H,83,84)(H,85,86)/t71?,72-,73-/m1/s1. The third-order valence-corrected chi connectivity index (χ3v) is 19.7. The molecular formula is C77H150O17P2. The first-order valence-corrected chi connectivity index (χ1v) is 42.7. The Labute approximate surface area is 588 Å². The van der Waals surface area contributed by atoms with Gasteiger partial charge in [0.05, 0.1) is 26.4 Å². The van der Waals surface area contributed by atoms with Crippen molar-refractivity contribution in [2.24, 2.45) is 23.7 Å². The Bertz CT molecular complexity index is 1880. The van der Waals surface area contributed by atoms with Crippen LogP contribution in [0.2, 0.25) is 0 Å². The lowest BCUT2D eigenvalue weighted by Crippen LogP contribution is -2.30. The molecule has 5 atom stereocenters. The molecule has 0 aromatic rings. The molecule has 3 unspecified atom stereocenters. The van der Waals surface area contributed by atoms with Crippen LogP contribution < -0.4 is 0 Å². The van der Waals surface area contributed by atoms with Crippen molar-refractivity contribution in [3.63, 3.8) is 0 Å². The van der Waals surface area contributed by atoms with E-state index in [0.29, 0.717) is 25.7 Å². The van der Waals surface area contributed by atoms with E-state index < -0.39 is 97.5 Å². The summed E-state index contributed by atoms with van der Waals surface area (Å²) in [5.41, 5.74) is 0. The van der Waals surface area contributed by atoms with Crippen LogP contribution in [0, 0.1) is 23.7 Å². The van der Waals surface area contributed by atoms with E-state index in [1.165, 1.54) is 193 Å². The van der Waals surface area contributed by atoms with E-state index in [4.69, 9.17) is 37.0 Å². The molecule has 96 heavy (non-hydrogen) atoms. The Hall–Kier alpha value is -1.94. The van der Waals surface area contributed by atoms with Gasteiger partial charge in [-0.2, -0.15) is 0 Å². The van der Waals surface area contributed by atoms with Crippen molar-refractivity contribution in [2.75, 3.05) is 39.6 Å². The van der Waals surface area contributed by atoms with Crippen molar-refractivity contribution in [3.05, 3.63) is 0 Å². The van der Waals surface area contributed by atoms with Gasteiger partial charge in [0.1, 0.15) is 19.3 Å². The highest BCUT2D eigenvalue weighted by Gasteiger charge is 2.30. The van der Waals surface area contributed by atoms with Crippen molar-refractivity contribution >= 4 is 39.5 Å². The molecule has 0 bridgehead atoms. The van der Waals surface area contributed by atoms with Gasteiger partial charge in [0, 0.05) is 25.7 Å². The summed E-state index contributed by atoms with van der Waals surface area (Å²) in [4.78, 5) is 72.9. The van der Waals surface area contributed by atoms with Crippen LogP contribution in [-0.2, 0) is 65.4 Å². The molecule has 0 fully saturated rings. The maximum Gasteiger partial charge on any atom is 0.472 e. The molecule has 0 heterocycles. The number of hydrogen-bond acceptors (Lipinski definition) is 15. The number of phosphoric acid groups is 2. The number of rotatable bonds is 74. The van der Waals surface area contributed by atoms with Crippen molar-refractivity contribution in [1.82, 2.24) is 0 Å². The maximum absolute atomic E-state index is 13.1. The van der Waals surface area contributed by atoms with Crippen LogP contribution in [0.25, 0.3) is 0 Å². The second-order valence-corrected chi connectivity index (χ2v) is 32.6. The third-order valence-electron chi connectivity index (χ3n) is 17.8. The van der Waals surface area contributed by atoms with Crippen LogP contribution >= 0.6 is 15.6 Å². The molecule has 3 N–H and O–H groups in total. The Morgan fingerprint density at radius 2 is 0.438 bits per heavy atom. The van der Waals surface area contributed by atoms with Gasteiger partial charge in [-0.05, 0) is 49.4 Å². The average molecular weight is 1410 g/mol. The predicted octanol–water partition coefficient (Wildman–Crippen LogP) is 22.4. The zero-order valence-corrected chi connectivity index (χ0v) is 64.8. The Balaban J connectivity index is 5.26. The van der Waals surface area contributed by atoms with Crippen LogP contribution in [0.4, 0.5) is 0 Å². The summed E-state index contributed by atoms with van der Waals surface area (Å²) in [7, 11) is -9.92. The van der Waals surface area contributed by atoms with Crippen LogP contribution in [0.3, 0.4) is 0 Å². The van der Waals surface area contributed by atoms with Gasteiger partial charge in [-0.15, -0.1) is 0 Å². The monoisotopic (exact) mass is 1410 g/mol. The zero-order valence-electron chi connectivity index (χ0n) is 63.0. The highest BCUT2D eigenvalue weighted by molar-refractivity contribution is 7.47. The summed E-state index contributed by atoms with van der Waals surface area (Å²) in [6.07, 6.45) is 51.3. The molecule has 0 saturated heterocycles. The fourth-order valence-corrected chi connectivity index (χ4v) is 13.3. The fraction of sp³-hybridized carbons (Fsp3) is 0.948. The summed E-state index contributed by atoms with van der Waals surface area (Å²) in [6, 6.07) is 0. The van der Waals surface area contributed by atoms with Crippen LogP contribution in [0.15, 0.2) is 0 Å². The molecule has 0 radical (unpaired) electrons. The zero-order chi connectivity index (χ0) is 71.0. The molecule has 0 aromatic heterocycles. The van der Waals surface area contributed by atoms with E-state index in [1.54, 1.807) is 0 Å². The van der Waals surface area contributed by atoms with Gasteiger partial charge in [0.2, 0.25) is 0 Å². The minimum atomic E-state index is -4.96. The molecule has 0 amide bonds.